The zero-order valence-electron chi connectivity index (χ0n) is 18.0. The lowest BCUT2D eigenvalue weighted by molar-refractivity contribution is 0.198. The average molecular weight is 528 g/mol. The highest BCUT2D eigenvalue weighted by Gasteiger charge is 2.20. The highest BCUT2D eigenvalue weighted by molar-refractivity contribution is 14.0. The van der Waals surface area contributed by atoms with E-state index in [9.17, 15) is 4.39 Å². The lowest BCUT2D eigenvalue weighted by atomic mass is 10.0. The smallest absolute Gasteiger partial charge is 0.191 e. The summed E-state index contributed by atoms with van der Waals surface area (Å²) in [5.74, 6) is 1.79. The second-order valence-corrected chi connectivity index (χ2v) is 7.70. The Morgan fingerprint density at radius 3 is 2.57 bits per heavy atom. The van der Waals surface area contributed by atoms with Crippen LogP contribution in [-0.2, 0) is 13.1 Å². The SMILES string of the molecule is CN=C(NCCCCn1ccnc1C)NC1CCN(Cc2ccc(F)cc2)CC1.I. The number of aryl methyl sites for hydroxylation is 2. The normalized spacial score (nSPS) is 15.6. The summed E-state index contributed by atoms with van der Waals surface area (Å²) in [6.07, 6.45) is 8.26. The van der Waals surface area contributed by atoms with E-state index < -0.39 is 0 Å². The average Bonchev–Trinajstić information content (AvgIpc) is 3.14. The molecular weight excluding hydrogens is 494 g/mol. The Morgan fingerprint density at radius 1 is 1.20 bits per heavy atom. The summed E-state index contributed by atoms with van der Waals surface area (Å²) in [4.78, 5) is 11.1. The van der Waals surface area contributed by atoms with E-state index in [-0.39, 0.29) is 29.8 Å². The molecule has 0 spiro atoms. The molecule has 0 bridgehead atoms. The van der Waals surface area contributed by atoms with Gasteiger partial charge in [-0.15, -0.1) is 24.0 Å². The fourth-order valence-corrected chi connectivity index (χ4v) is 3.73. The van der Waals surface area contributed by atoms with Gasteiger partial charge >= 0.3 is 0 Å². The van der Waals surface area contributed by atoms with E-state index in [4.69, 9.17) is 0 Å². The van der Waals surface area contributed by atoms with Crippen LogP contribution >= 0.6 is 24.0 Å². The maximum absolute atomic E-state index is 13.0. The summed E-state index contributed by atoms with van der Waals surface area (Å²) in [7, 11) is 1.83. The number of rotatable bonds is 8. The minimum absolute atomic E-state index is 0. The quantitative estimate of drug-likeness (QED) is 0.238. The van der Waals surface area contributed by atoms with Crippen molar-refractivity contribution in [2.45, 2.75) is 51.7 Å². The molecule has 0 atom stereocenters. The highest BCUT2D eigenvalue weighted by Crippen LogP contribution is 2.14. The highest BCUT2D eigenvalue weighted by atomic mass is 127. The van der Waals surface area contributed by atoms with Crippen LogP contribution in [0.1, 0.15) is 37.1 Å². The van der Waals surface area contributed by atoms with E-state index >= 15 is 0 Å². The van der Waals surface area contributed by atoms with E-state index in [0.29, 0.717) is 6.04 Å². The number of nitrogens with one attached hydrogen (secondary N) is 2. The molecule has 0 radical (unpaired) electrons. The summed E-state index contributed by atoms with van der Waals surface area (Å²) >= 11 is 0. The number of guanidine groups is 1. The van der Waals surface area contributed by atoms with Crippen LogP contribution < -0.4 is 10.6 Å². The number of hydrogen-bond acceptors (Lipinski definition) is 3. The van der Waals surface area contributed by atoms with Gasteiger partial charge in [-0.05, 0) is 50.3 Å². The topological polar surface area (TPSA) is 57.5 Å². The fraction of sp³-hybridized carbons (Fsp3) is 0.545. The largest absolute Gasteiger partial charge is 0.356 e. The predicted octanol–water partition coefficient (Wildman–Crippen LogP) is 3.56. The first kappa shape index (κ1) is 24.6. The molecule has 1 aromatic carbocycles. The number of imidazole rings is 1. The van der Waals surface area contributed by atoms with Gasteiger partial charge < -0.3 is 15.2 Å². The van der Waals surface area contributed by atoms with Gasteiger partial charge in [-0.1, -0.05) is 12.1 Å². The van der Waals surface area contributed by atoms with Crippen molar-refractivity contribution in [3.8, 4) is 0 Å². The zero-order chi connectivity index (χ0) is 20.5. The van der Waals surface area contributed by atoms with Gasteiger partial charge in [0.25, 0.3) is 0 Å². The second kappa shape index (κ2) is 12.9. The molecule has 30 heavy (non-hydrogen) atoms. The number of unbranched alkanes of at least 4 members (excludes halogenated alkanes) is 1. The number of halogens is 2. The second-order valence-electron chi connectivity index (χ2n) is 7.70. The predicted molar refractivity (Wildman–Crippen MR) is 131 cm³/mol. The third-order valence-corrected chi connectivity index (χ3v) is 5.51. The maximum Gasteiger partial charge on any atom is 0.191 e. The Morgan fingerprint density at radius 2 is 1.93 bits per heavy atom. The molecule has 6 nitrogen and oxygen atoms in total. The third kappa shape index (κ3) is 7.86. The molecule has 8 heteroatoms. The lowest BCUT2D eigenvalue weighted by Gasteiger charge is -2.33. The van der Waals surface area contributed by atoms with E-state index in [1.165, 1.54) is 17.7 Å². The number of piperidine rings is 1. The van der Waals surface area contributed by atoms with Gasteiger partial charge in [0.05, 0.1) is 0 Å². The molecule has 1 aliphatic heterocycles. The number of benzene rings is 1. The van der Waals surface area contributed by atoms with Crippen molar-refractivity contribution in [2.75, 3.05) is 26.7 Å². The van der Waals surface area contributed by atoms with E-state index in [0.717, 1.165) is 70.2 Å². The molecule has 1 aromatic heterocycles. The van der Waals surface area contributed by atoms with Crippen LogP contribution in [0.2, 0.25) is 0 Å². The van der Waals surface area contributed by atoms with Crippen LogP contribution in [-0.4, -0.2) is 53.1 Å². The van der Waals surface area contributed by atoms with Crippen LogP contribution in [0.15, 0.2) is 41.7 Å². The van der Waals surface area contributed by atoms with Gasteiger partial charge in [-0.3, -0.25) is 9.89 Å². The van der Waals surface area contributed by atoms with Crippen LogP contribution in [0.3, 0.4) is 0 Å². The van der Waals surface area contributed by atoms with Crippen molar-refractivity contribution < 1.29 is 4.39 Å². The molecule has 2 heterocycles. The molecule has 0 saturated carbocycles. The number of likely N-dealkylation sites (tertiary alicyclic amines) is 1. The Bertz CT molecular complexity index is 768. The first-order valence-corrected chi connectivity index (χ1v) is 10.6. The van der Waals surface area contributed by atoms with Crippen molar-refractivity contribution in [1.29, 1.82) is 0 Å². The molecule has 166 valence electrons. The lowest BCUT2D eigenvalue weighted by Crippen LogP contribution is -2.48. The van der Waals surface area contributed by atoms with Crippen LogP contribution in [0.5, 0.6) is 0 Å². The summed E-state index contributed by atoms with van der Waals surface area (Å²) in [6, 6.07) is 7.27. The molecule has 3 rings (SSSR count). The number of hydrogen-bond donors (Lipinski definition) is 2. The molecule has 2 N–H and O–H groups in total. The summed E-state index contributed by atoms with van der Waals surface area (Å²) in [5, 5.41) is 6.99. The van der Waals surface area contributed by atoms with Gasteiger partial charge in [0.15, 0.2) is 5.96 Å². The van der Waals surface area contributed by atoms with Crippen molar-refractivity contribution >= 4 is 29.9 Å². The fourth-order valence-electron chi connectivity index (χ4n) is 3.73. The summed E-state index contributed by atoms with van der Waals surface area (Å²) in [6.45, 7) is 6.92. The summed E-state index contributed by atoms with van der Waals surface area (Å²) in [5.41, 5.74) is 1.17. The first-order chi connectivity index (χ1) is 14.1. The van der Waals surface area contributed by atoms with Crippen molar-refractivity contribution in [3.05, 3.63) is 53.9 Å². The molecule has 1 fully saturated rings. The van der Waals surface area contributed by atoms with Gasteiger partial charge in [0.1, 0.15) is 11.6 Å². The Balaban J connectivity index is 0.00000320. The van der Waals surface area contributed by atoms with Gasteiger partial charge in [0, 0.05) is 58.2 Å². The Hall–Kier alpha value is -1.68. The maximum atomic E-state index is 13.0. The zero-order valence-corrected chi connectivity index (χ0v) is 20.3. The molecule has 0 unspecified atom stereocenters. The van der Waals surface area contributed by atoms with Crippen LogP contribution in [0.4, 0.5) is 4.39 Å². The van der Waals surface area contributed by atoms with Crippen molar-refractivity contribution in [2.24, 2.45) is 4.99 Å². The molecule has 1 aliphatic rings. The standard InChI is InChI=1S/C22H33FN6.HI/c1-18-25-12-16-29(18)13-4-3-11-26-22(24-2)27-21-9-14-28(15-10-21)17-19-5-7-20(23)8-6-19;/h5-8,12,16,21H,3-4,9-11,13-15,17H2,1-2H3,(H2,24,26,27);1H. The van der Waals surface area contributed by atoms with E-state index in [1.54, 1.807) is 0 Å². The number of aromatic nitrogens is 2. The molecule has 0 aliphatic carbocycles. The Labute approximate surface area is 196 Å². The third-order valence-electron chi connectivity index (χ3n) is 5.51. The van der Waals surface area contributed by atoms with Crippen molar-refractivity contribution in [3.63, 3.8) is 0 Å². The van der Waals surface area contributed by atoms with Crippen LogP contribution in [0.25, 0.3) is 0 Å². The Kier molecular flexibility index (Phi) is 10.6. The molecular formula is C22H34FIN6. The molecule has 0 amide bonds. The molecule has 2 aromatic rings. The number of aliphatic imine (C=N–C) groups is 1. The van der Waals surface area contributed by atoms with Crippen LogP contribution in [0, 0.1) is 12.7 Å². The van der Waals surface area contributed by atoms with Gasteiger partial charge in [0.2, 0.25) is 0 Å². The minimum Gasteiger partial charge on any atom is -0.356 e. The number of nitrogens with zero attached hydrogens (tertiary/aromatic N) is 4. The van der Waals surface area contributed by atoms with Gasteiger partial charge in [-0.2, -0.15) is 0 Å². The minimum atomic E-state index is -0.174. The first-order valence-electron chi connectivity index (χ1n) is 10.6. The monoisotopic (exact) mass is 528 g/mol. The molecule has 1 saturated heterocycles. The van der Waals surface area contributed by atoms with Crippen molar-refractivity contribution in [1.82, 2.24) is 25.1 Å². The van der Waals surface area contributed by atoms with Gasteiger partial charge in [-0.25, -0.2) is 9.37 Å². The van der Waals surface area contributed by atoms with E-state index in [2.05, 4.69) is 30.1 Å². The van der Waals surface area contributed by atoms with E-state index in [1.807, 2.05) is 38.5 Å². The summed E-state index contributed by atoms with van der Waals surface area (Å²) < 4.78 is 15.2.